The number of aromatic nitrogens is 3. The molecule has 0 aliphatic carbocycles. The van der Waals surface area contributed by atoms with Crippen molar-refractivity contribution in [1.29, 1.82) is 0 Å². The average Bonchev–Trinajstić information content (AvgIpc) is 3.14. The Hall–Kier alpha value is -3.42. The molecule has 0 saturated heterocycles. The molecule has 0 saturated carbocycles. The van der Waals surface area contributed by atoms with E-state index >= 15 is 0 Å². The SMILES string of the molecule is CCC(C)C(=O)NC(=NCCc1c[nH]c2ccc(OC)cc12)Nc1nc(C)cc(C)n1. The molecule has 0 radical (unpaired) electrons. The Bertz CT molecular complexity index is 1070. The van der Waals surface area contributed by atoms with Crippen molar-refractivity contribution < 1.29 is 9.53 Å². The number of rotatable bonds is 7. The van der Waals surface area contributed by atoms with Crippen molar-refractivity contribution in [3.63, 3.8) is 0 Å². The molecule has 2 aromatic heterocycles. The lowest BCUT2D eigenvalue weighted by Crippen LogP contribution is -2.39. The fourth-order valence-corrected chi connectivity index (χ4v) is 3.20. The quantitative estimate of drug-likeness (QED) is 0.397. The van der Waals surface area contributed by atoms with E-state index in [1.165, 1.54) is 0 Å². The topological polar surface area (TPSA) is 104 Å². The molecular formula is C23H30N6O2. The third-order valence-electron chi connectivity index (χ3n) is 5.14. The van der Waals surface area contributed by atoms with Crippen molar-refractivity contribution >= 4 is 28.7 Å². The number of methoxy groups -OCH3 is 1. The minimum Gasteiger partial charge on any atom is -0.497 e. The first kappa shape index (κ1) is 22.3. The minimum atomic E-state index is -0.117. The summed E-state index contributed by atoms with van der Waals surface area (Å²) < 4.78 is 5.34. The fourth-order valence-electron chi connectivity index (χ4n) is 3.20. The van der Waals surface area contributed by atoms with E-state index in [0.717, 1.165) is 40.0 Å². The lowest BCUT2D eigenvalue weighted by Gasteiger charge is -2.14. The number of carbonyl (C=O) groups is 1. The van der Waals surface area contributed by atoms with E-state index in [4.69, 9.17) is 4.74 Å². The number of hydrogen-bond donors (Lipinski definition) is 3. The number of H-pyrrole nitrogens is 1. The predicted molar refractivity (Wildman–Crippen MR) is 124 cm³/mol. The Morgan fingerprint density at radius 1 is 1.23 bits per heavy atom. The van der Waals surface area contributed by atoms with Crippen LogP contribution < -0.4 is 15.4 Å². The zero-order valence-corrected chi connectivity index (χ0v) is 18.7. The van der Waals surface area contributed by atoms with Crippen LogP contribution in [-0.2, 0) is 11.2 Å². The van der Waals surface area contributed by atoms with Gasteiger partial charge < -0.3 is 9.72 Å². The summed E-state index contributed by atoms with van der Waals surface area (Å²) in [6.07, 6.45) is 3.43. The molecule has 0 aliphatic heterocycles. The highest BCUT2D eigenvalue weighted by atomic mass is 16.5. The zero-order valence-electron chi connectivity index (χ0n) is 18.7. The Morgan fingerprint density at radius 3 is 2.65 bits per heavy atom. The highest BCUT2D eigenvalue weighted by Gasteiger charge is 2.14. The van der Waals surface area contributed by atoms with E-state index < -0.39 is 0 Å². The highest BCUT2D eigenvalue weighted by molar-refractivity contribution is 6.04. The number of hydrogen-bond acceptors (Lipinski definition) is 5. The maximum atomic E-state index is 12.5. The highest BCUT2D eigenvalue weighted by Crippen LogP contribution is 2.24. The summed E-state index contributed by atoms with van der Waals surface area (Å²) in [5.74, 6) is 1.38. The van der Waals surface area contributed by atoms with E-state index in [1.807, 2.05) is 58.2 Å². The van der Waals surface area contributed by atoms with Crippen LogP contribution in [0.15, 0.2) is 35.5 Å². The van der Waals surface area contributed by atoms with Gasteiger partial charge in [0.05, 0.1) is 7.11 Å². The van der Waals surface area contributed by atoms with Crippen molar-refractivity contribution in [3.05, 3.63) is 47.4 Å². The maximum absolute atomic E-state index is 12.5. The van der Waals surface area contributed by atoms with Gasteiger partial charge in [0, 0.05) is 41.0 Å². The Kier molecular flexibility index (Phi) is 7.23. The predicted octanol–water partition coefficient (Wildman–Crippen LogP) is 3.76. The number of aliphatic imine (C=N–C) groups is 1. The Labute approximate surface area is 182 Å². The van der Waals surface area contributed by atoms with Crippen LogP contribution in [0.2, 0.25) is 0 Å². The van der Waals surface area contributed by atoms with Gasteiger partial charge in [-0.25, -0.2) is 9.97 Å². The van der Waals surface area contributed by atoms with Crippen LogP contribution in [0.3, 0.4) is 0 Å². The van der Waals surface area contributed by atoms with E-state index in [-0.39, 0.29) is 11.8 Å². The number of carbonyl (C=O) groups excluding carboxylic acids is 1. The van der Waals surface area contributed by atoms with Crippen LogP contribution in [0.4, 0.5) is 5.95 Å². The smallest absolute Gasteiger partial charge is 0.229 e. The molecule has 3 N–H and O–H groups in total. The number of amides is 1. The van der Waals surface area contributed by atoms with E-state index in [9.17, 15) is 4.79 Å². The maximum Gasteiger partial charge on any atom is 0.229 e. The van der Waals surface area contributed by atoms with Crippen molar-refractivity contribution in [2.45, 2.75) is 40.5 Å². The molecule has 3 rings (SSSR count). The van der Waals surface area contributed by atoms with Crippen molar-refractivity contribution in [1.82, 2.24) is 20.3 Å². The summed E-state index contributed by atoms with van der Waals surface area (Å²) in [6.45, 7) is 8.16. The van der Waals surface area contributed by atoms with Gasteiger partial charge in [0.1, 0.15) is 5.75 Å². The van der Waals surface area contributed by atoms with Gasteiger partial charge in [0.15, 0.2) is 0 Å². The molecule has 1 unspecified atom stereocenters. The number of guanidine groups is 1. The lowest BCUT2D eigenvalue weighted by atomic mass is 10.1. The van der Waals surface area contributed by atoms with Crippen LogP contribution in [-0.4, -0.2) is 40.5 Å². The van der Waals surface area contributed by atoms with Gasteiger partial charge >= 0.3 is 0 Å². The van der Waals surface area contributed by atoms with Crippen LogP contribution in [0.1, 0.15) is 37.2 Å². The standard InChI is InChI=1S/C23H30N6O2/c1-6-14(2)21(30)28-22(29-23-26-15(3)11-16(4)27-23)24-10-9-17-13-25-20-8-7-18(31-5)12-19(17)20/h7-8,11-14,25H,6,9-10H2,1-5H3,(H2,24,26,27,28,29,30). The van der Waals surface area contributed by atoms with Crippen molar-refractivity contribution in [2.75, 3.05) is 19.0 Å². The van der Waals surface area contributed by atoms with Gasteiger partial charge in [-0.2, -0.15) is 0 Å². The summed E-state index contributed by atoms with van der Waals surface area (Å²) in [6, 6.07) is 7.83. The fraction of sp³-hybridized carbons (Fsp3) is 0.391. The molecule has 1 amide bonds. The van der Waals surface area contributed by atoms with Crippen molar-refractivity contribution in [2.24, 2.45) is 10.9 Å². The van der Waals surface area contributed by atoms with Gasteiger partial charge in [-0.15, -0.1) is 0 Å². The second-order valence-corrected chi connectivity index (χ2v) is 7.60. The number of aryl methyl sites for hydroxylation is 2. The van der Waals surface area contributed by atoms with E-state index in [2.05, 4.69) is 30.6 Å². The third-order valence-corrected chi connectivity index (χ3v) is 5.14. The average molecular weight is 423 g/mol. The minimum absolute atomic E-state index is 0.0880. The first-order chi connectivity index (χ1) is 14.9. The summed E-state index contributed by atoms with van der Waals surface area (Å²) in [5.41, 5.74) is 3.87. The molecule has 8 heteroatoms. The Balaban J connectivity index is 1.78. The zero-order chi connectivity index (χ0) is 22.4. The first-order valence-corrected chi connectivity index (χ1v) is 10.5. The molecule has 0 aliphatic rings. The molecule has 0 spiro atoms. The summed E-state index contributed by atoms with van der Waals surface area (Å²) in [5, 5.41) is 7.06. The number of anilines is 1. The number of fused-ring (bicyclic) bond motifs is 1. The number of aromatic amines is 1. The molecule has 1 atom stereocenters. The first-order valence-electron chi connectivity index (χ1n) is 10.5. The molecule has 2 heterocycles. The van der Waals surface area contributed by atoms with Crippen LogP contribution in [0, 0.1) is 19.8 Å². The van der Waals surface area contributed by atoms with Crippen LogP contribution in [0.25, 0.3) is 10.9 Å². The molecular weight excluding hydrogens is 392 g/mol. The largest absolute Gasteiger partial charge is 0.497 e. The van der Waals surface area contributed by atoms with E-state index in [0.29, 0.717) is 24.9 Å². The molecule has 31 heavy (non-hydrogen) atoms. The molecule has 164 valence electrons. The Morgan fingerprint density at radius 2 is 1.97 bits per heavy atom. The molecule has 8 nitrogen and oxygen atoms in total. The summed E-state index contributed by atoms with van der Waals surface area (Å²) in [4.78, 5) is 29.1. The number of nitrogens with one attached hydrogen (secondary N) is 3. The molecule has 0 bridgehead atoms. The van der Waals surface area contributed by atoms with Gasteiger partial charge in [-0.3, -0.25) is 20.4 Å². The second-order valence-electron chi connectivity index (χ2n) is 7.60. The lowest BCUT2D eigenvalue weighted by molar-refractivity contribution is -0.123. The third kappa shape index (κ3) is 5.81. The number of benzene rings is 1. The summed E-state index contributed by atoms with van der Waals surface area (Å²) >= 11 is 0. The number of nitrogens with zero attached hydrogens (tertiary/aromatic N) is 3. The monoisotopic (exact) mass is 422 g/mol. The van der Waals surface area contributed by atoms with Gasteiger partial charge in [-0.1, -0.05) is 13.8 Å². The molecule has 0 fully saturated rings. The van der Waals surface area contributed by atoms with Gasteiger partial charge in [0.2, 0.25) is 17.8 Å². The van der Waals surface area contributed by atoms with Gasteiger partial charge in [-0.05, 0) is 56.5 Å². The molecule has 1 aromatic carbocycles. The summed E-state index contributed by atoms with van der Waals surface area (Å²) in [7, 11) is 1.66. The van der Waals surface area contributed by atoms with Gasteiger partial charge in [0.25, 0.3) is 0 Å². The normalized spacial score (nSPS) is 12.6. The number of ether oxygens (including phenoxy) is 1. The van der Waals surface area contributed by atoms with Crippen LogP contribution in [0.5, 0.6) is 5.75 Å². The second kappa shape index (κ2) is 10.1. The van der Waals surface area contributed by atoms with Crippen molar-refractivity contribution in [3.8, 4) is 5.75 Å². The van der Waals surface area contributed by atoms with E-state index in [1.54, 1.807) is 7.11 Å². The molecule has 3 aromatic rings. The van der Waals surface area contributed by atoms with Crippen LogP contribution >= 0.6 is 0 Å².